The van der Waals surface area contributed by atoms with Crippen LogP contribution >= 0.6 is 24.8 Å². The van der Waals surface area contributed by atoms with Crippen LogP contribution in [0.4, 0.5) is 4.39 Å². The molecule has 1 aromatic carbocycles. The summed E-state index contributed by atoms with van der Waals surface area (Å²) in [5, 5.41) is 5.99. The molecule has 6 nitrogen and oxygen atoms in total. The van der Waals surface area contributed by atoms with Gasteiger partial charge in [0, 0.05) is 45.8 Å². The largest absolute Gasteiger partial charge is 0.351 e. The average molecular weight is 421 g/mol. The Kier molecular flexibility index (Phi) is 10.0. The van der Waals surface area contributed by atoms with Gasteiger partial charge in [-0.2, -0.15) is 0 Å². The van der Waals surface area contributed by atoms with Gasteiger partial charge >= 0.3 is 0 Å². The summed E-state index contributed by atoms with van der Waals surface area (Å²) in [6.45, 7) is 5.97. The van der Waals surface area contributed by atoms with Gasteiger partial charge in [-0.3, -0.25) is 14.5 Å². The number of hydrogen-bond donors (Lipinski definition) is 2. The van der Waals surface area contributed by atoms with Gasteiger partial charge < -0.3 is 15.5 Å². The van der Waals surface area contributed by atoms with Crippen molar-refractivity contribution in [2.45, 2.75) is 6.42 Å². The van der Waals surface area contributed by atoms with E-state index < -0.39 is 5.82 Å². The Hall–Kier alpha value is -1.41. The molecule has 2 saturated heterocycles. The lowest BCUT2D eigenvalue weighted by Crippen LogP contribution is -2.51. The van der Waals surface area contributed by atoms with Crippen LogP contribution in [0.2, 0.25) is 0 Å². The normalized spacial score (nSPS) is 19.7. The zero-order chi connectivity index (χ0) is 17.6. The van der Waals surface area contributed by atoms with Gasteiger partial charge in [-0.25, -0.2) is 4.39 Å². The molecule has 9 heteroatoms. The molecule has 2 aliphatic rings. The first-order valence-electron chi connectivity index (χ1n) is 8.90. The molecule has 1 unspecified atom stereocenters. The maximum absolute atomic E-state index is 13.6. The number of amides is 2. The first-order valence-corrected chi connectivity index (χ1v) is 8.90. The highest BCUT2D eigenvalue weighted by atomic mass is 35.5. The number of nitrogens with one attached hydrogen (secondary N) is 2. The van der Waals surface area contributed by atoms with E-state index in [9.17, 15) is 14.0 Å². The molecule has 27 heavy (non-hydrogen) atoms. The summed E-state index contributed by atoms with van der Waals surface area (Å²) < 4.78 is 13.6. The molecule has 2 amide bonds. The van der Waals surface area contributed by atoms with Gasteiger partial charge in [0.25, 0.3) is 5.91 Å². The van der Waals surface area contributed by atoms with Gasteiger partial charge in [0.15, 0.2) is 0 Å². The Morgan fingerprint density at radius 2 is 1.85 bits per heavy atom. The molecule has 0 aliphatic carbocycles. The van der Waals surface area contributed by atoms with E-state index in [1.165, 1.54) is 12.1 Å². The van der Waals surface area contributed by atoms with Crippen molar-refractivity contribution in [3.05, 3.63) is 35.6 Å². The molecule has 2 aliphatic heterocycles. The van der Waals surface area contributed by atoms with Gasteiger partial charge in [0.05, 0.1) is 11.5 Å². The summed E-state index contributed by atoms with van der Waals surface area (Å²) in [6.07, 6.45) is 0.932. The summed E-state index contributed by atoms with van der Waals surface area (Å²) in [5.41, 5.74) is 0.0723. The molecule has 1 aromatic rings. The number of hydrogen-bond acceptors (Lipinski definition) is 4. The van der Waals surface area contributed by atoms with E-state index in [4.69, 9.17) is 0 Å². The molecular formula is C18H27Cl2FN4O2. The summed E-state index contributed by atoms with van der Waals surface area (Å²) >= 11 is 0. The van der Waals surface area contributed by atoms with E-state index in [2.05, 4.69) is 15.5 Å². The summed E-state index contributed by atoms with van der Waals surface area (Å²) in [6, 6.07) is 5.97. The molecule has 0 aromatic heterocycles. The molecule has 2 N–H and O–H groups in total. The van der Waals surface area contributed by atoms with Crippen molar-refractivity contribution in [2.24, 2.45) is 5.92 Å². The number of halogens is 3. The first-order chi connectivity index (χ1) is 12.1. The molecule has 2 heterocycles. The summed E-state index contributed by atoms with van der Waals surface area (Å²) in [7, 11) is 0. The second-order valence-corrected chi connectivity index (χ2v) is 6.59. The van der Waals surface area contributed by atoms with Crippen LogP contribution in [0.15, 0.2) is 24.3 Å². The van der Waals surface area contributed by atoms with E-state index in [-0.39, 0.29) is 48.1 Å². The predicted molar refractivity (Wildman–Crippen MR) is 107 cm³/mol. The van der Waals surface area contributed by atoms with Gasteiger partial charge in [-0.05, 0) is 25.1 Å². The van der Waals surface area contributed by atoms with E-state index in [1.54, 1.807) is 12.1 Å². The highest BCUT2D eigenvalue weighted by Crippen LogP contribution is 2.13. The minimum atomic E-state index is -0.506. The SMILES string of the molecule is Cl.Cl.O=C(NCCN1CCN(C(=O)C2CCNC2)CC1)c1ccccc1F. The number of carbonyl (C=O) groups is 2. The molecule has 0 spiro atoms. The second-order valence-electron chi connectivity index (χ2n) is 6.59. The lowest BCUT2D eigenvalue weighted by molar-refractivity contribution is -0.136. The highest BCUT2D eigenvalue weighted by Gasteiger charge is 2.29. The topological polar surface area (TPSA) is 64.7 Å². The van der Waals surface area contributed by atoms with Crippen molar-refractivity contribution >= 4 is 36.6 Å². The Balaban J connectivity index is 0.00000182. The smallest absolute Gasteiger partial charge is 0.254 e. The summed E-state index contributed by atoms with van der Waals surface area (Å²) in [5.74, 6) is -0.502. The third-order valence-corrected chi connectivity index (χ3v) is 4.93. The number of carbonyl (C=O) groups excluding carboxylic acids is 2. The maximum Gasteiger partial charge on any atom is 0.254 e. The lowest BCUT2D eigenvalue weighted by Gasteiger charge is -2.35. The minimum absolute atomic E-state index is 0. The number of piperazine rings is 1. The number of nitrogens with zero attached hydrogens (tertiary/aromatic N) is 2. The van der Waals surface area contributed by atoms with Crippen LogP contribution in [0.1, 0.15) is 16.8 Å². The molecule has 1 atom stereocenters. The number of benzene rings is 1. The van der Waals surface area contributed by atoms with Crippen molar-refractivity contribution in [2.75, 3.05) is 52.4 Å². The van der Waals surface area contributed by atoms with Crippen LogP contribution in [0.5, 0.6) is 0 Å². The average Bonchev–Trinajstić information content (AvgIpc) is 3.16. The minimum Gasteiger partial charge on any atom is -0.351 e. The fourth-order valence-electron chi connectivity index (χ4n) is 3.38. The van der Waals surface area contributed by atoms with Crippen LogP contribution < -0.4 is 10.6 Å². The zero-order valence-corrected chi connectivity index (χ0v) is 16.8. The van der Waals surface area contributed by atoms with E-state index in [0.717, 1.165) is 45.7 Å². The van der Waals surface area contributed by atoms with Crippen molar-refractivity contribution < 1.29 is 14.0 Å². The quantitative estimate of drug-likeness (QED) is 0.749. The van der Waals surface area contributed by atoms with E-state index in [0.29, 0.717) is 13.1 Å². The van der Waals surface area contributed by atoms with Gasteiger partial charge in [0.1, 0.15) is 5.82 Å². The van der Waals surface area contributed by atoms with E-state index in [1.807, 2.05) is 4.90 Å². The van der Waals surface area contributed by atoms with Crippen molar-refractivity contribution in [3.8, 4) is 0 Å². The molecule has 0 saturated carbocycles. The first kappa shape index (κ1) is 23.6. The van der Waals surface area contributed by atoms with Gasteiger partial charge in [-0.1, -0.05) is 12.1 Å². The highest BCUT2D eigenvalue weighted by molar-refractivity contribution is 5.94. The Labute approximate surface area is 171 Å². The molecule has 0 radical (unpaired) electrons. The van der Waals surface area contributed by atoms with Gasteiger partial charge in [0.2, 0.25) is 5.91 Å². The van der Waals surface area contributed by atoms with Crippen LogP contribution in [0, 0.1) is 11.7 Å². The standard InChI is InChI=1S/C18H25FN4O2.2ClH/c19-16-4-2-1-3-15(16)17(24)21-7-8-22-9-11-23(12-10-22)18(25)14-5-6-20-13-14;;/h1-4,14,20H,5-13H2,(H,21,24);2*1H. The van der Waals surface area contributed by atoms with E-state index >= 15 is 0 Å². The third-order valence-electron chi connectivity index (χ3n) is 4.93. The molecule has 3 rings (SSSR count). The Morgan fingerprint density at radius 1 is 1.15 bits per heavy atom. The molecule has 2 fully saturated rings. The van der Waals surface area contributed by atoms with Gasteiger partial charge in [-0.15, -0.1) is 24.8 Å². The lowest BCUT2D eigenvalue weighted by atomic mass is 10.1. The Bertz CT molecular complexity index is 621. The number of rotatable bonds is 5. The second kappa shape index (κ2) is 11.4. The van der Waals surface area contributed by atoms with Crippen molar-refractivity contribution in [1.29, 1.82) is 0 Å². The molecule has 0 bridgehead atoms. The molecule has 152 valence electrons. The monoisotopic (exact) mass is 420 g/mol. The molecular weight excluding hydrogens is 394 g/mol. The Morgan fingerprint density at radius 3 is 2.48 bits per heavy atom. The zero-order valence-electron chi connectivity index (χ0n) is 15.2. The van der Waals surface area contributed by atoms with Crippen LogP contribution in [-0.2, 0) is 4.79 Å². The van der Waals surface area contributed by atoms with Crippen LogP contribution in [0.25, 0.3) is 0 Å². The maximum atomic E-state index is 13.6. The van der Waals surface area contributed by atoms with Crippen molar-refractivity contribution in [3.63, 3.8) is 0 Å². The van der Waals surface area contributed by atoms with Crippen LogP contribution in [-0.4, -0.2) is 74.0 Å². The fourth-order valence-corrected chi connectivity index (χ4v) is 3.38. The van der Waals surface area contributed by atoms with Crippen LogP contribution in [0.3, 0.4) is 0 Å². The summed E-state index contributed by atoms with van der Waals surface area (Å²) in [4.78, 5) is 28.5. The van der Waals surface area contributed by atoms with Crippen molar-refractivity contribution in [1.82, 2.24) is 20.4 Å². The predicted octanol–water partition coefficient (Wildman–Crippen LogP) is 1.15. The third kappa shape index (κ3) is 6.31. The fraction of sp³-hybridized carbons (Fsp3) is 0.556.